The van der Waals surface area contributed by atoms with E-state index in [9.17, 15) is 4.79 Å². The Bertz CT molecular complexity index is 482. The summed E-state index contributed by atoms with van der Waals surface area (Å²) >= 11 is 0. The summed E-state index contributed by atoms with van der Waals surface area (Å²) in [5, 5.41) is 3.10. The first-order chi connectivity index (χ1) is 10.5. The molecule has 1 aliphatic heterocycles. The second-order valence-corrected chi connectivity index (χ2v) is 6.74. The van der Waals surface area contributed by atoms with Gasteiger partial charge in [-0.15, -0.1) is 24.8 Å². The monoisotopic (exact) mass is 375 g/mol. The molecule has 1 aliphatic rings. The Kier molecular flexibility index (Phi) is 10.6. The number of rotatable bonds is 6. The molecular weight excluding hydrogens is 345 g/mol. The third-order valence-corrected chi connectivity index (χ3v) is 4.46. The molecule has 0 radical (unpaired) electrons. The molecule has 138 valence electrons. The van der Waals surface area contributed by atoms with Crippen LogP contribution in [0.5, 0.6) is 0 Å². The van der Waals surface area contributed by atoms with Crippen molar-refractivity contribution in [3.8, 4) is 0 Å². The van der Waals surface area contributed by atoms with Crippen molar-refractivity contribution in [3.05, 3.63) is 35.9 Å². The van der Waals surface area contributed by atoms with Crippen LogP contribution in [-0.2, 0) is 11.3 Å². The van der Waals surface area contributed by atoms with E-state index in [1.54, 1.807) is 0 Å². The van der Waals surface area contributed by atoms with Gasteiger partial charge >= 0.3 is 0 Å². The summed E-state index contributed by atoms with van der Waals surface area (Å²) in [5.41, 5.74) is 1.36. The van der Waals surface area contributed by atoms with Gasteiger partial charge in [0.15, 0.2) is 0 Å². The normalized spacial score (nSPS) is 16.9. The minimum absolute atomic E-state index is 0. The van der Waals surface area contributed by atoms with Gasteiger partial charge in [0.2, 0.25) is 5.91 Å². The van der Waals surface area contributed by atoms with E-state index in [-0.39, 0.29) is 30.4 Å². The molecule has 1 heterocycles. The Morgan fingerprint density at radius 2 is 1.83 bits per heavy atom. The van der Waals surface area contributed by atoms with Crippen LogP contribution >= 0.6 is 24.8 Å². The van der Waals surface area contributed by atoms with E-state index in [1.165, 1.54) is 5.56 Å². The topological polar surface area (TPSA) is 35.6 Å². The Labute approximate surface area is 158 Å². The molecule has 24 heavy (non-hydrogen) atoms. The first kappa shape index (κ1) is 23.2. The van der Waals surface area contributed by atoms with Crippen molar-refractivity contribution in [3.63, 3.8) is 0 Å². The van der Waals surface area contributed by atoms with Crippen LogP contribution in [-0.4, -0.2) is 54.5 Å². The predicted molar refractivity (Wildman–Crippen MR) is 105 cm³/mol. The van der Waals surface area contributed by atoms with Crippen molar-refractivity contribution in [1.29, 1.82) is 0 Å². The molecule has 1 aromatic carbocycles. The highest BCUT2D eigenvalue weighted by atomic mass is 35.5. The molecular formula is C18H31Cl2N3O. The molecule has 1 saturated heterocycles. The number of hydrogen-bond donors (Lipinski definition) is 1. The molecule has 0 spiro atoms. The fraction of sp³-hybridized carbons (Fsp3) is 0.611. The van der Waals surface area contributed by atoms with Crippen molar-refractivity contribution >= 4 is 30.7 Å². The van der Waals surface area contributed by atoms with Gasteiger partial charge in [0.05, 0.1) is 0 Å². The van der Waals surface area contributed by atoms with Crippen LogP contribution < -0.4 is 5.32 Å². The number of carbonyl (C=O) groups excluding carboxylic acids is 1. The second-order valence-electron chi connectivity index (χ2n) is 6.74. The smallest absolute Gasteiger partial charge is 0.222 e. The van der Waals surface area contributed by atoms with E-state index >= 15 is 0 Å². The van der Waals surface area contributed by atoms with Crippen LogP contribution in [0.25, 0.3) is 0 Å². The fourth-order valence-corrected chi connectivity index (χ4v) is 3.07. The van der Waals surface area contributed by atoms with Gasteiger partial charge in [-0.1, -0.05) is 30.3 Å². The summed E-state index contributed by atoms with van der Waals surface area (Å²) in [4.78, 5) is 16.8. The number of carbonyl (C=O) groups is 1. The Balaban J connectivity index is 0.00000264. The lowest BCUT2D eigenvalue weighted by Crippen LogP contribution is -2.59. The number of halogens is 2. The summed E-state index contributed by atoms with van der Waals surface area (Å²) < 4.78 is 0. The van der Waals surface area contributed by atoms with Gasteiger partial charge in [0.1, 0.15) is 0 Å². The number of piperazine rings is 1. The lowest BCUT2D eigenvalue weighted by Gasteiger charge is -2.47. The number of hydrogen-bond acceptors (Lipinski definition) is 3. The van der Waals surface area contributed by atoms with Gasteiger partial charge in [-0.05, 0) is 39.4 Å². The van der Waals surface area contributed by atoms with Crippen LogP contribution in [0.1, 0.15) is 32.3 Å². The standard InChI is InChI=1S/C18H29N3O.2ClH/c1-18(2)15-20(17(22)10-7-11-19-3)12-13-21(18)14-16-8-5-4-6-9-16;;/h4-6,8-9,19H,7,10-15H2,1-3H3;2*1H. The van der Waals surface area contributed by atoms with Crippen LogP contribution in [0.4, 0.5) is 0 Å². The van der Waals surface area contributed by atoms with Crippen LogP contribution in [0.3, 0.4) is 0 Å². The summed E-state index contributed by atoms with van der Waals surface area (Å²) in [6.45, 7) is 8.94. The third-order valence-electron chi connectivity index (χ3n) is 4.46. The van der Waals surface area contributed by atoms with Crippen LogP contribution in [0.2, 0.25) is 0 Å². The summed E-state index contributed by atoms with van der Waals surface area (Å²) in [6.07, 6.45) is 1.57. The number of benzene rings is 1. The van der Waals surface area contributed by atoms with Gasteiger partial charge in [-0.3, -0.25) is 9.69 Å². The third kappa shape index (κ3) is 6.60. The summed E-state index contributed by atoms with van der Waals surface area (Å²) in [5.74, 6) is 0.294. The van der Waals surface area contributed by atoms with Crippen molar-refractivity contribution in [1.82, 2.24) is 15.1 Å². The van der Waals surface area contributed by atoms with Crippen molar-refractivity contribution in [2.75, 3.05) is 33.2 Å². The molecule has 1 fully saturated rings. The maximum atomic E-state index is 12.3. The van der Waals surface area contributed by atoms with Crippen LogP contribution in [0.15, 0.2) is 30.3 Å². The Morgan fingerprint density at radius 3 is 2.42 bits per heavy atom. The Hall–Kier alpha value is -0.810. The number of nitrogens with one attached hydrogen (secondary N) is 1. The van der Waals surface area contributed by atoms with E-state index < -0.39 is 0 Å². The summed E-state index contributed by atoms with van der Waals surface area (Å²) in [6, 6.07) is 10.6. The van der Waals surface area contributed by atoms with Crippen molar-refractivity contribution < 1.29 is 4.79 Å². The van der Waals surface area contributed by atoms with Gasteiger partial charge in [0.25, 0.3) is 0 Å². The lowest BCUT2D eigenvalue weighted by molar-refractivity contribution is -0.136. The number of amides is 1. The molecule has 0 atom stereocenters. The molecule has 1 amide bonds. The summed E-state index contributed by atoms with van der Waals surface area (Å²) in [7, 11) is 1.93. The van der Waals surface area contributed by atoms with Gasteiger partial charge < -0.3 is 10.2 Å². The quantitative estimate of drug-likeness (QED) is 0.776. The molecule has 1 aromatic rings. The minimum atomic E-state index is 0. The molecule has 0 unspecified atom stereocenters. The van der Waals surface area contributed by atoms with E-state index in [0.717, 1.165) is 39.1 Å². The molecule has 6 heteroatoms. The first-order valence-electron chi connectivity index (χ1n) is 8.24. The lowest BCUT2D eigenvalue weighted by atomic mass is 9.97. The molecule has 1 N–H and O–H groups in total. The van der Waals surface area contributed by atoms with Crippen molar-refractivity contribution in [2.24, 2.45) is 0 Å². The van der Waals surface area contributed by atoms with Crippen molar-refractivity contribution in [2.45, 2.75) is 38.8 Å². The Morgan fingerprint density at radius 1 is 1.17 bits per heavy atom. The molecule has 0 saturated carbocycles. The average molecular weight is 376 g/mol. The van der Waals surface area contributed by atoms with E-state index in [4.69, 9.17) is 0 Å². The largest absolute Gasteiger partial charge is 0.340 e. The van der Waals surface area contributed by atoms with E-state index in [0.29, 0.717) is 12.3 Å². The van der Waals surface area contributed by atoms with Gasteiger partial charge in [-0.25, -0.2) is 0 Å². The molecule has 0 bridgehead atoms. The molecule has 4 nitrogen and oxygen atoms in total. The molecule has 0 aliphatic carbocycles. The van der Waals surface area contributed by atoms with Crippen LogP contribution in [0, 0.1) is 0 Å². The van der Waals surface area contributed by atoms with E-state index in [1.807, 2.05) is 11.9 Å². The maximum absolute atomic E-state index is 12.3. The zero-order valence-electron chi connectivity index (χ0n) is 15.0. The highest BCUT2D eigenvalue weighted by Gasteiger charge is 2.35. The fourth-order valence-electron chi connectivity index (χ4n) is 3.07. The first-order valence-corrected chi connectivity index (χ1v) is 8.24. The minimum Gasteiger partial charge on any atom is -0.340 e. The predicted octanol–water partition coefficient (Wildman–Crippen LogP) is 2.95. The highest BCUT2D eigenvalue weighted by molar-refractivity contribution is 5.85. The zero-order valence-corrected chi connectivity index (χ0v) is 16.6. The zero-order chi connectivity index (χ0) is 16.0. The van der Waals surface area contributed by atoms with E-state index in [2.05, 4.69) is 54.4 Å². The second kappa shape index (κ2) is 10.9. The highest BCUT2D eigenvalue weighted by Crippen LogP contribution is 2.23. The molecule has 0 aromatic heterocycles. The molecule has 2 rings (SSSR count). The average Bonchev–Trinajstić information content (AvgIpc) is 2.50. The SMILES string of the molecule is CNCCCC(=O)N1CCN(Cc2ccccc2)C(C)(C)C1.Cl.Cl. The maximum Gasteiger partial charge on any atom is 0.222 e. The van der Waals surface area contributed by atoms with Gasteiger partial charge in [-0.2, -0.15) is 0 Å². The number of nitrogens with zero attached hydrogens (tertiary/aromatic N) is 2. The van der Waals surface area contributed by atoms with Gasteiger partial charge in [0, 0.05) is 38.1 Å².